The van der Waals surface area contributed by atoms with Crippen molar-refractivity contribution in [1.82, 2.24) is 0 Å². The van der Waals surface area contributed by atoms with Crippen LogP contribution in [0.15, 0.2) is 29.4 Å². The Balaban J connectivity index is 0.000000980. The number of halogens is 1. The molecule has 76 valence electrons. The first-order chi connectivity index (χ1) is 6.18. The van der Waals surface area contributed by atoms with Gasteiger partial charge in [0.1, 0.15) is 5.84 Å². The molecule has 0 aliphatic heterocycles. The molecule has 1 aromatic carbocycles. The normalized spacial score (nSPS) is 24.5. The van der Waals surface area contributed by atoms with E-state index in [9.17, 15) is 0 Å². The summed E-state index contributed by atoms with van der Waals surface area (Å²) in [6.45, 7) is 1.99. The first-order valence-corrected chi connectivity index (χ1v) is 4.25. The Morgan fingerprint density at radius 2 is 2.14 bits per heavy atom. The van der Waals surface area contributed by atoms with Gasteiger partial charge in [-0.3, -0.25) is 0 Å². The van der Waals surface area contributed by atoms with Gasteiger partial charge < -0.3 is 10.9 Å². The molecule has 1 aliphatic carbocycles. The molecule has 0 heterocycles. The van der Waals surface area contributed by atoms with Gasteiger partial charge >= 0.3 is 0 Å². The van der Waals surface area contributed by atoms with E-state index in [2.05, 4.69) is 11.2 Å². The van der Waals surface area contributed by atoms with Crippen LogP contribution in [-0.4, -0.2) is 11.0 Å². The Bertz CT molecular complexity index is 378. The fourth-order valence-corrected chi connectivity index (χ4v) is 1.92. The lowest BCUT2D eigenvalue weighted by molar-refractivity contribution is 0.310. The minimum Gasteiger partial charge on any atom is -0.409 e. The molecule has 3 N–H and O–H groups in total. The molecule has 14 heavy (non-hydrogen) atoms. The highest BCUT2D eigenvalue weighted by molar-refractivity contribution is 5.93. The SMILES string of the molecule is CC1(C(N)=NO)Cc2ccccc21.Cl. The molecule has 0 saturated heterocycles. The Morgan fingerprint density at radius 3 is 2.71 bits per heavy atom. The summed E-state index contributed by atoms with van der Waals surface area (Å²) in [7, 11) is 0. The summed E-state index contributed by atoms with van der Waals surface area (Å²) < 4.78 is 0. The van der Waals surface area contributed by atoms with Gasteiger partial charge in [-0.05, 0) is 24.5 Å². The number of hydrogen-bond donors (Lipinski definition) is 2. The van der Waals surface area contributed by atoms with Gasteiger partial charge in [-0.1, -0.05) is 29.4 Å². The molecule has 0 saturated carbocycles. The quantitative estimate of drug-likeness (QED) is 0.322. The average Bonchev–Trinajstić information content (AvgIpc) is 2.15. The fourth-order valence-electron chi connectivity index (χ4n) is 1.92. The standard InChI is InChI=1S/C10H12N2O.ClH/c1-10(9(11)12-13)6-7-4-2-3-5-8(7)10;/h2-5,13H,6H2,1H3,(H2,11,12);1H. The molecule has 1 aliphatic rings. The van der Waals surface area contributed by atoms with E-state index in [1.165, 1.54) is 11.1 Å². The largest absolute Gasteiger partial charge is 0.409 e. The number of fused-ring (bicyclic) bond motifs is 1. The van der Waals surface area contributed by atoms with Crippen LogP contribution in [0.4, 0.5) is 0 Å². The maximum Gasteiger partial charge on any atom is 0.149 e. The predicted octanol–water partition coefficient (Wildman–Crippen LogP) is 1.67. The molecule has 0 fully saturated rings. The van der Waals surface area contributed by atoms with Crippen molar-refractivity contribution >= 4 is 18.2 Å². The van der Waals surface area contributed by atoms with Gasteiger partial charge in [0.2, 0.25) is 0 Å². The van der Waals surface area contributed by atoms with Crippen molar-refractivity contribution in [3.8, 4) is 0 Å². The second-order valence-electron chi connectivity index (χ2n) is 3.65. The lowest BCUT2D eigenvalue weighted by Gasteiger charge is -2.39. The van der Waals surface area contributed by atoms with Crippen LogP contribution in [0, 0.1) is 0 Å². The third-order valence-corrected chi connectivity index (χ3v) is 2.83. The zero-order valence-electron chi connectivity index (χ0n) is 7.90. The highest BCUT2D eigenvalue weighted by Gasteiger charge is 2.41. The molecule has 0 amide bonds. The summed E-state index contributed by atoms with van der Waals surface area (Å²) >= 11 is 0. The fraction of sp³-hybridized carbons (Fsp3) is 0.300. The smallest absolute Gasteiger partial charge is 0.149 e. The topological polar surface area (TPSA) is 58.6 Å². The van der Waals surface area contributed by atoms with E-state index in [0.29, 0.717) is 5.84 Å². The number of amidine groups is 1. The van der Waals surface area contributed by atoms with Crippen molar-refractivity contribution in [3.05, 3.63) is 35.4 Å². The van der Waals surface area contributed by atoms with E-state index in [1.54, 1.807) is 0 Å². The first kappa shape index (κ1) is 10.9. The third-order valence-electron chi connectivity index (χ3n) is 2.83. The summed E-state index contributed by atoms with van der Waals surface area (Å²) in [6.07, 6.45) is 0.860. The van der Waals surface area contributed by atoms with Gasteiger partial charge in [0.05, 0.1) is 5.41 Å². The second-order valence-corrected chi connectivity index (χ2v) is 3.65. The van der Waals surface area contributed by atoms with Crippen LogP contribution in [0.5, 0.6) is 0 Å². The van der Waals surface area contributed by atoms with Crippen LogP contribution in [-0.2, 0) is 11.8 Å². The second kappa shape index (κ2) is 3.50. The zero-order chi connectivity index (χ0) is 9.47. The molecular formula is C10H13ClN2O. The van der Waals surface area contributed by atoms with Crippen molar-refractivity contribution in [2.24, 2.45) is 10.9 Å². The number of nitrogens with zero attached hydrogens (tertiary/aromatic N) is 1. The van der Waals surface area contributed by atoms with E-state index < -0.39 is 0 Å². The van der Waals surface area contributed by atoms with Crippen LogP contribution in [0.3, 0.4) is 0 Å². The van der Waals surface area contributed by atoms with Crippen LogP contribution >= 0.6 is 12.4 Å². The molecule has 2 rings (SSSR count). The Kier molecular flexibility index (Phi) is 2.71. The summed E-state index contributed by atoms with van der Waals surface area (Å²) in [5.41, 5.74) is 7.83. The highest BCUT2D eigenvalue weighted by atomic mass is 35.5. The van der Waals surface area contributed by atoms with E-state index >= 15 is 0 Å². The number of hydrogen-bond acceptors (Lipinski definition) is 2. The Labute approximate surface area is 89.0 Å². The van der Waals surface area contributed by atoms with Crippen molar-refractivity contribution < 1.29 is 5.21 Å². The lowest BCUT2D eigenvalue weighted by atomic mass is 9.64. The Morgan fingerprint density at radius 1 is 1.50 bits per heavy atom. The predicted molar refractivity (Wildman–Crippen MR) is 58.2 cm³/mol. The summed E-state index contributed by atoms with van der Waals surface area (Å²) in [4.78, 5) is 0. The molecule has 0 bridgehead atoms. The van der Waals surface area contributed by atoms with E-state index in [-0.39, 0.29) is 17.8 Å². The summed E-state index contributed by atoms with van der Waals surface area (Å²) in [6, 6.07) is 8.07. The van der Waals surface area contributed by atoms with Crippen molar-refractivity contribution in [2.75, 3.05) is 0 Å². The monoisotopic (exact) mass is 212 g/mol. The van der Waals surface area contributed by atoms with Crippen LogP contribution < -0.4 is 5.73 Å². The maximum absolute atomic E-state index is 8.62. The third kappa shape index (κ3) is 1.24. The molecule has 0 radical (unpaired) electrons. The van der Waals surface area contributed by atoms with Crippen LogP contribution in [0.2, 0.25) is 0 Å². The van der Waals surface area contributed by atoms with Gasteiger partial charge in [0.25, 0.3) is 0 Å². The van der Waals surface area contributed by atoms with Gasteiger partial charge in [0, 0.05) is 0 Å². The van der Waals surface area contributed by atoms with Crippen molar-refractivity contribution in [2.45, 2.75) is 18.8 Å². The molecule has 0 spiro atoms. The molecule has 0 aromatic heterocycles. The molecule has 4 heteroatoms. The van der Waals surface area contributed by atoms with E-state index in [4.69, 9.17) is 10.9 Å². The first-order valence-electron chi connectivity index (χ1n) is 4.25. The number of oxime groups is 1. The van der Waals surface area contributed by atoms with Gasteiger partial charge in [-0.15, -0.1) is 12.4 Å². The molecule has 1 atom stereocenters. The van der Waals surface area contributed by atoms with Gasteiger partial charge in [0.15, 0.2) is 0 Å². The van der Waals surface area contributed by atoms with Crippen molar-refractivity contribution in [1.29, 1.82) is 0 Å². The molecular weight excluding hydrogens is 200 g/mol. The number of rotatable bonds is 1. The molecule has 1 aromatic rings. The minimum atomic E-state index is -0.259. The maximum atomic E-state index is 8.62. The zero-order valence-corrected chi connectivity index (χ0v) is 8.71. The summed E-state index contributed by atoms with van der Waals surface area (Å²) in [5, 5.41) is 11.7. The van der Waals surface area contributed by atoms with Gasteiger partial charge in [-0.25, -0.2) is 0 Å². The Hall–Kier alpha value is -1.22. The highest BCUT2D eigenvalue weighted by Crippen LogP contribution is 2.40. The number of nitrogens with two attached hydrogens (primary N) is 1. The van der Waals surface area contributed by atoms with E-state index in [0.717, 1.165) is 6.42 Å². The van der Waals surface area contributed by atoms with Crippen LogP contribution in [0.1, 0.15) is 18.1 Å². The van der Waals surface area contributed by atoms with Crippen LogP contribution in [0.25, 0.3) is 0 Å². The molecule has 3 nitrogen and oxygen atoms in total. The van der Waals surface area contributed by atoms with Crippen molar-refractivity contribution in [3.63, 3.8) is 0 Å². The number of benzene rings is 1. The van der Waals surface area contributed by atoms with E-state index in [1.807, 2.05) is 25.1 Å². The molecule has 1 unspecified atom stereocenters. The minimum absolute atomic E-state index is 0. The lowest BCUT2D eigenvalue weighted by Crippen LogP contribution is -2.47. The van der Waals surface area contributed by atoms with Gasteiger partial charge in [-0.2, -0.15) is 0 Å². The average molecular weight is 213 g/mol. The summed E-state index contributed by atoms with van der Waals surface area (Å²) in [5.74, 6) is 0.297.